The van der Waals surface area contributed by atoms with Crippen LogP contribution < -0.4 is 5.73 Å². The first-order valence-electron chi connectivity index (χ1n) is 9.00. The Morgan fingerprint density at radius 3 is 2.72 bits per heavy atom. The van der Waals surface area contributed by atoms with Crippen molar-refractivity contribution in [2.45, 2.75) is 46.1 Å². The van der Waals surface area contributed by atoms with Crippen LogP contribution in [0.3, 0.4) is 0 Å². The minimum Gasteiger partial charge on any atom is -0.338 e. The van der Waals surface area contributed by atoms with Crippen LogP contribution in [-0.4, -0.2) is 34.9 Å². The Kier molecular flexibility index (Phi) is 5.54. The maximum absolute atomic E-state index is 12.9. The molecule has 1 fully saturated rings. The predicted molar refractivity (Wildman–Crippen MR) is 104 cm³/mol. The summed E-state index contributed by atoms with van der Waals surface area (Å²) in [4.78, 5) is 20.7. The smallest absolute Gasteiger partial charge is 0.228 e. The number of likely N-dealkylation sites (tertiary alicyclic amines) is 1. The molecular formula is C20H27N3OS. The van der Waals surface area contributed by atoms with Crippen LogP contribution in [0, 0.1) is 19.8 Å². The highest BCUT2D eigenvalue weighted by Gasteiger charge is 2.29. The van der Waals surface area contributed by atoms with Crippen molar-refractivity contribution in [3.63, 3.8) is 0 Å². The van der Waals surface area contributed by atoms with E-state index in [0.29, 0.717) is 18.9 Å². The Hall–Kier alpha value is -1.72. The van der Waals surface area contributed by atoms with Gasteiger partial charge in [0.25, 0.3) is 0 Å². The van der Waals surface area contributed by atoms with E-state index in [1.54, 1.807) is 11.3 Å². The molecule has 1 aromatic heterocycles. The minimum absolute atomic E-state index is 0.174. The van der Waals surface area contributed by atoms with Crippen molar-refractivity contribution < 1.29 is 4.79 Å². The van der Waals surface area contributed by atoms with E-state index in [-0.39, 0.29) is 11.9 Å². The average molecular weight is 358 g/mol. The van der Waals surface area contributed by atoms with Crippen molar-refractivity contribution in [3.05, 3.63) is 39.7 Å². The van der Waals surface area contributed by atoms with Crippen molar-refractivity contribution in [1.82, 2.24) is 9.88 Å². The van der Waals surface area contributed by atoms with Crippen LogP contribution in [-0.2, 0) is 11.2 Å². The van der Waals surface area contributed by atoms with E-state index < -0.39 is 0 Å². The maximum atomic E-state index is 12.9. The molecule has 3 rings (SSSR count). The molecular weight excluding hydrogens is 330 g/mol. The van der Waals surface area contributed by atoms with Crippen molar-refractivity contribution in [1.29, 1.82) is 0 Å². The van der Waals surface area contributed by atoms with Gasteiger partial charge in [-0.25, -0.2) is 4.98 Å². The summed E-state index contributed by atoms with van der Waals surface area (Å²) < 4.78 is 0. The van der Waals surface area contributed by atoms with Crippen LogP contribution in [0.1, 0.15) is 35.2 Å². The normalized spacial score (nSPS) is 20.7. The number of nitrogens with two attached hydrogens (primary N) is 1. The number of thiazole rings is 1. The number of carbonyl (C=O) groups is 1. The number of hydrogen-bond donors (Lipinski definition) is 1. The number of benzene rings is 1. The Labute approximate surface area is 154 Å². The number of hydrogen-bond acceptors (Lipinski definition) is 4. The highest BCUT2D eigenvalue weighted by atomic mass is 32.1. The second-order valence-corrected chi connectivity index (χ2v) is 8.44. The monoisotopic (exact) mass is 357 g/mol. The first kappa shape index (κ1) is 18.1. The lowest BCUT2D eigenvalue weighted by atomic mass is 9.92. The summed E-state index contributed by atoms with van der Waals surface area (Å²) in [5.41, 5.74) is 9.18. The Bertz CT molecular complexity index is 738. The second-order valence-electron chi connectivity index (χ2n) is 7.15. The zero-order chi connectivity index (χ0) is 18.0. The van der Waals surface area contributed by atoms with Crippen LogP contribution in [0.4, 0.5) is 0 Å². The quantitative estimate of drug-likeness (QED) is 0.910. The third-order valence-corrected chi connectivity index (χ3v) is 5.98. The summed E-state index contributed by atoms with van der Waals surface area (Å²) in [6, 6.07) is 8.53. The number of nitrogens with zero attached hydrogens (tertiary/aromatic N) is 2. The highest BCUT2D eigenvalue weighted by Crippen LogP contribution is 2.30. The average Bonchev–Trinajstić information content (AvgIpc) is 2.95. The number of aromatic nitrogens is 1. The van der Waals surface area contributed by atoms with Crippen LogP contribution >= 0.6 is 11.3 Å². The maximum Gasteiger partial charge on any atom is 0.228 e. The molecule has 2 unspecified atom stereocenters. The molecule has 0 radical (unpaired) electrons. The van der Waals surface area contributed by atoms with Crippen molar-refractivity contribution in [2.75, 3.05) is 13.1 Å². The second kappa shape index (κ2) is 7.67. The third kappa shape index (κ3) is 4.10. The number of amides is 1. The molecule has 134 valence electrons. The van der Waals surface area contributed by atoms with Gasteiger partial charge >= 0.3 is 0 Å². The Balaban J connectivity index is 1.81. The first-order valence-corrected chi connectivity index (χ1v) is 9.82. The topological polar surface area (TPSA) is 59.2 Å². The lowest BCUT2D eigenvalue weighted by Crippen LogP contribution is -2.49. The van der Waals surface area contributed by atoms with E-state index in [9.17, 15) is 4.79 Å². The van der Waals surface area contributed by atoms with Gasteiger partial charge in [-0.05, 0) is 32.6 Å². The van der Waals surface area contributed by atoms with E-state index in [4.69, 9.17) is 5.73 Å². The summed E-state index contributed by atoms with van der Waals surface area (Å²) in [6.45, 7) is 7.68. The summed E-state index contributed by atoms with van der Waals surface area (Å²) in [6.07, 6.45) is 2.49. The van der Waals surface area contributed by atoms with Crippen LogP contribution in [0.25, 0.3) is 11.3 Å². The van der Waals surface area contributed by atoms with Gasteiger partial charge in [0.1, 0.15) is 0 Å². The predicted octanol–water partition coefficient (Wildman–Crippen LogP) is 3.56. The van der Waals surface area contributed by atoms with Crippen LogP contribution in [0.15, 0.2) is 24.3 Å². The van der Waals surface area contributed by atoms with Crippen LogP contribution in [0.5, 0.6) is 0 Å². The van der Waals surface area contributed by atoms with Gasteiger partial charge in [-0.1, -0.05) is 36.8 Å². The largest absolute Gasteiger partial charge is 0.338 e. The number of rotatable bonds is 4. The summed E-state index contributed by atoms with van der Waals surface area (Å²) in [5.74, 6) is 0.825. The molecule has 1 saturated heterocycles. The molecule has 1 amide bonds. The number of aryl methyl sites for hydroxylation is 2. The van der Waals surface area contributed by atoms with Gasteiger partial charge in [0.15, 0.2) is 0 Å². The Morgan fingerprint density at radius 2 is 2.04 bits per heavy atom. The Morgan fingerprint density at radius 1 is 1.32 bits per heavy atom. The van der Waals surface area contributed by atoms with Gasteiger partial charge < -0.3 is 10.6 Å². The van der Waals surface area contributed by atoms with Gasteiger partial charge in [-0.3, -0.25) is 4.79 Å². The standard InChI is InChI=1S/C20H27N3OS/c1-13-4-6-16(7-5-13)20-18(25-15(3)22-20)11-19(24)23-9-8-14(2)10-17(23)12-21/h4-7,14,17H,8-12,21H2,1-3H3. The molecule has 1 aromatic carbocycles. The SMILES string of the molecule is Cc1ccc(-c2nc(C)sc2CC(=O)N2CCC(C)CC2CN)cc1. The van der Waals surface area contributed by atoms with Gasteiger partial charge in [-0.2, -0.15) is 0 Å². The van der Waals surface area contributed by atoms with Gasteiger partial charge in [0.2, 0.25) is 5.91 Å². The molecule has 1 aliphatic rings. The van der Waals surface area contributed by atoms with Gasteiger partial charge in [0, 0.05) is 29.6 Å². The fourth-order valence-electron chi connectivity index (χ4n) is 3.57. The van der Waals surface area contributed by atoms with Gasteiger partial charge in [0.05, 0.1) is 17.1 Å². The van der Waals surface area contributed by atoms with Crippen molar-refractivity contribution in [3.8, 4) is 11.3 Å². The molecule has 2 N–H and O–H groups in total. The van der Waals surface area contributed by atoms with E-state index in [2.05, 4.69) is 43.1 Å². The van der Waals surface area contributed by atoms with Crippen molar-refractivity contribution in [2.24, 2.45) is 11.7 Å². The number of piperidine rings is 1. The molecule has 5 heteroatoms. The zero-order valence-corrected chi connectivity index (χ0v) is 16.1. The first-order chi connectivity index (χ1) is 12.0. The van der Waals surface area contributed by atoms with E-state index >= 15 is 0 Å². The van der Waals surface area contributed by atoms with Gasteiger partial charge in [-0.15, -0.1) is 11.3 Å². The van der Waals surface area contributed by atoms with E-state index in [1.165, 1.54) is 5.56 Å². The molecule has 2 atom stereocenters. The fourth-order valence-corrected chi connectivity index (χ4v) is 4.52. The number of carbonyl (C=O) groups excluding carboxylic acids is 1. The molecule has 2 heterocycles. The summed E-state index contributed by atoms with van der Waals surface area (Å²) in [5, 5.41) is 1.00. The fraction of sp³-hybridized carbons (Fsp3) is 0.500. The molecule has 0 spiro atoms. The molecule has 1 aliphatic heterocycles. The lowest BCUT2D eigenvalue weighted by Gasteiger charge is -2.38. The highest BCUT2D eigenvalue weighted by molar-refractivity contribution is 7.12. The van der Waals surface area contributed by atoms with Crippen molar-refractivity contribution >= 4 is 17.2 Å². The summed E-state index contributed by atoms with van der Waals surface area (Å²) in [7, 11) is 0. The molecule has 0 bridgehead atoms. The van der Waals surface area contributed by atoms with E-state index in [0.717, 1.165) is 40.5 Å². The van der Waals surface area contributed by atoms with Crippen LogP contribution in [0.2, 0.25) is 0 Å². The molecule has 2 aromatic rings. The summed E-state index contributed by atoms with van der Waals surface area (Å²) >= 11 is 1.63. The molecule has 0 aliphatic carbocycles. The molecule has 25 heavy (non-hydrogen) atoms. The lowest BCUT2D eigenvalue weighted by molar-refractivity contribution is -0.134. The minimum atomic E-state index is 0.174. The molecule has 0 saturated carbocycles. The zero-order valence-electron chi connectivity index (χ0n) is 15.3. The van der Waals surface area contributed by atoms with E-state index in [1.807, 2.05) is 11.8 Å². The molecule has 4 nitrogen and oxygen atoms in total. The third-order valence-electron chi connectivity index (χ3n) is 5.01.